The van der Waals surface area contributed by atoms with Crippen LogP contribution < -0.4 is 5.90 Å². The summed E-state index contributed by atoms with van der Waals surface area (Å²) in [5.41, 5.74) is 1.07. The smallest absolute Gasteiger partial charge is 0.227 e. The zero-order valence-electron chi connectivity index (χ0n) is 9.84. The van der Waals surface area contributed by atoms with Gasteiger partial charge in [0.1, 0.15) is 0 Å². The van der Waals surface area contributed by atoms with Crippen LogP contribution in [0.5, 0.6) is 0 Å². The van der Waals surface area contributed by atoms with Crippen LogP contribution in [0.1, 0.15) is 12.0 Å². The second kappa shape index (κ2) is 5.80. The van der Waals surface area contributed by atoms with Gasteiger partial charge in [0.05, 0.1) is 13.0 Å². The molecular formula is C13H18N2O2. The van der Waals surface area contributed by atoms with Gasteiger partial charge in [-0.15, -0.1) is 0 Å². The van der Waals surface area contributed by atoms with Gasteiger partial charge in [0, 0.05) is 19.0 Å². The molecule has 1 aliphatic rings. The fourth-order valence-electron chi connectivity index (χ4n) is 2.21. The Morgan fingerprint density at radius 2 is 2.18 bits per heavy atom. The molecule has 0 saturated carbocycles. The first-order valence-electron chi connectivity index (χ1n) is 5.93. The highest BCUT2D eigenvalue weighted by Gasteiger charge is 2.25. The first-order chi connectivity index (χ1) is 8.29. The van der Waals surface area contributed by atoms with Gasteiger partial charge in [-0.1, -0.05) is 30.3 Å². The van der Waals surface area contributed by atoms with Crippen molar-refractivity contribution in [2.24, 2.45) is 11.8 Å². The predicted molar refractivity (Wildman–Crippen MR) is 65.0 cm³/mol. The van der Waals surface area contributed by atoms with Gasteiger partial charge in [0.2, 0.25) is 5.91 Å². The predicted octanol–water partition coefficient (Wildman–Crippen LogP) is 0.968. The van der Waals surface area contributed by atoms with Gasteiger partial charge in [-0.25, -0.2) is 5.90 Å². The highest BCUT2D eigenvalue weighted by Crippen LogP contribution is 2.17. The first-order valence-corrected chi connectivity index (χ1v) is 5.93. The van der Waals surface area contributed by atoms with Crippen molar-refractivity contribution in [2.45, 2.75) is 12.8 Å². The number of rotatable bonds is 4. The Kier molecular flexibility index (Phi) is 4.12. The molecule has 1 fully saturated rings. The van der Waals surface area contributed by atoms with Crippen LogP contribution in [0, 0.1) is 5.92 Å². The van der Waals surface area contributed by atoms with Crippen LogP contribution in [-0.4, -0.2) is 30.5 Å². The van der Waals surface area contributed by atoms with Crippen molar-refractivity contribution in [3.8, 4) is 0 Å². The fourth-order valence-corrected chi connectivity index (χ4v) is 2.21. The Labute approximate surface area is 101 Å². The van der Waals surface area contributed by atoms with E-state index in [4.69, 9.17) is 5.90 Å². The van der Waals surface area contributed by atoms with Crippen molar-refractivity contribution in [1.82, 2.24) is 4.90 Å². The largest absolute Gasteiger partial charge is 0.342 e. The van der Waals surface area contributed by atoms with E-state index in [1.807, 2.05) is 35.2 Å². The molecule has 2 N–H and O–H groups in total. The van der Waals surface area contributed by atoms with E-state index < -0.39 is 0 Å². The molecule has 0 aromatic heterocycles. The van der Waals surface area contributed by atoms with E-state index in [0.717, 1.165) is 25.1 Å². The van der Waals surface area contributed by atoms with Crippen LogP contribution >= 0.6 is 0 Å². The Morgan fingerprint density at radius 3 is 2.88 bits per heavy atom. The van der Waals surface area contributed by atoms with E-state index in [0.29, 0.717) is 18.9 Å². The minimum absolute atomic E-state index is 0.190. The maximum absolute atomic E-state index is 12.0. The average Bonchev–Trinajstić information content (AvgIpc) is 2.79. The van der Waals surface area contributed by atoms with Crippen LogP contribution in [0.2, 0.25) is 0 Å². The summed E-state index contributed by atoms with van der Waals surface area (Å²) in [5.74, 6) is 5.63. The minimum atomic E-state index is 0.190. The number of amides is 1. The molecule has 1 aliphatic heterocycles. The van der Waals surface area contributed by atoms with Crippen LogP contribution in [0.25, 0.3) is 0 Å². The Balaban J connectivity index is 1.85. The Bertz CT molecular complexity index is 367. The fraction of sp³-hybridized carbons (Fsp3) is 0.462. The Hall–Kier alpha value is -1.39. The zero-order valence-corrected chi connectivity index (χ0v) is 9.84. The number of carbonyl (C=O) groups excluding carboxylic acids is 1. The summed E-state index contributed by atoms with van der Waals surface area (Å²) in [5, 5.41) is 0. The monoisotopic (exact) mass is 234 g/mol. The van der Waals surface area contributed by atoms with E-state index in [2.05, 4.69) is 4.84 Å². The standard InChI is InChI=1S/C13H18N2O2/c14-17-10-12-6-7-15(9-12)13(16)8-11-4-2-1-3-5-11/h1-5,12H,6-10,14H2. The number of hydrogen-bond acceptors (Lipinski definition) is 3. The maximum atomic E-state index is 12.0. The number of benzene rings is 1. The van der Waals surface area contributed by atoms with Crippen molar-refractivity contribution in [1.29, 1.82) is 0 Å². The summed E-state index contributed by atoms with van der Waals surface area (Å²) >= 11 is 0. The maximum Gasteiger partial charge on any atom is 0.227 e. The SMILES string of the molecule is NOCC1CCN(C(=O)Cc2ccccc2)C1. The van der Waals surface area contributed by atoms with E-state index in [1.165, 1.54) is 0 Å². The van der Waals surface area contributed by atoms with Gasteiger partial charge in [-0.05, 0) is 12.0 Å². The van der Waals surface area contributed by atoms with Crippen LogP contribution in [0.15, 0.2) is 30.3 Å². The zero-order chi connectivity index (χ0) is 12.1. The molecule has 1 aromatic carbocycles. The highest BCUT2D eigenvalue weighted by atomic mass is 16.6. The Morgan fingerprint density at radius 1 is 1.41 bits per heavy atom. The molecule has 1 aromatic rings. The van der Waals surface area contributed by atoms with E-state index in [-0.39, 0.29) is 5.91 Å². The number of likely N-dealkylation sites (tertiary alicyclic amines) is 1. The normalized spacial score (nSPS) is 19.6. The number of nitrogens with two attached hydrogens (primary N) is 1. The summed E-state index contributed by atoms with van der Waals surface area (Å²) in [7, 11) is 0. The molecule has 4 heteroatoms. The van der Waals surface area contributed by atoms with Crippen molar-refractivity contribution in [3.05, 3.63) is 35.9 Å². The third-order valence-electron chi connectivity index (χ3n) is 3.17. The second-order valence-corrected chi connectivity index (χ2v) is 4.49. The lowest BCUT2D eigenvalue weighted by Crippen LogP contribution is -2.30. The lowest BCUT2D eigenvalue weighted by atomic mass is 10.1. The molecule has 0 radical (unpaired) electrons. The molecule has 1 saturated heterocycles. The lowest BCUT2D eigenvalue weighted by molar-refractivity contribution is -0.129. The highest BCUT2D eigenvalue weighted by molar-refractivity contribution is 5.79. The molecule has 2 rings (SSSR count). The molecule has 0 bridgehead atoms. The van der Waals surface area contributed by atoms with Crippen LogP contribution in [-0.2, 0) is 16.1 Å². The van der Waals surface area contributed by atoms with Crippen LogP contribution in [0.4, 0.5) is 0 Å². The lowest BCUT2D eigenvalue weighted by Gasteiger charge is -2.16. The summed E-state index contributed by atoms with van der Waals surface area (Å²) in [4.78, 5) is 18.6. The van der Waals surface area contributed by atoms with E-state index in [9.17, 15) is 4.79 Å². The summed E-state index contributed by atoms with van der Waals surface area (Å²) < 4.78 is 0. The average molecular weight is 234 g/mol. The van der Waals surface area contributed by atoms with Crippen molar-refractivity contribution >= 4 is 5.91 Å². The van der Waals surface area contributed by atoms with E-state index >= 15 is 0 Å². The third kappa shape index (κ3) is 3.28. The third-order valence-corrected chi connectivity index (χ3v) is 3.17. The molecule has 1 atom stereocenters. The van der Waals surface area contributed by atoms with Crippen LogP contribution in [0.3, 0.4) is 0 Å². The quantitative estimate of drug-likeness (QED) is 0.790. The molecule has 1 unspecified atom stereocenters. The minimum Gasteiger partial charge on any atom is -0.342 e. The van der Waals surface area contributed by atoms with Gasteiger partial charge >= 0.3 is 0 Å². The van der Waals surface area contributed by atoms with Crippen molar-refractivity contribution in [2.75, 3.05) is 19.7 Å². The summed E-state index contributed by atoms with van der Waals surface area (Å²) in [6.07, 6.45) is 1.47. The van der Waals surface area contributed by atoms with Gasteiger partial charge < -0.3 is 9.74 Å². The summed E-state index contributed by atoms with van der Waals surface area (Å²) in [6.45, 7) is 2.12. The number of nitrogens with zero attached hydrogens (tertiary/aromatic N) is 1. The first kappa shape index (κ1) is 12.1. The van der Waals surface area contributed by atoms with Gasteiger partial charge in [-0.3, -0.25) is 4.79 Å². The van der Waals surface area contributed by atoms with E-state index in [1.54, 1.807) is 0 Å². The molecular weight excluding hydrogens is 216 g/mol. The molecule has 0 spiro atoms. The molecule has 17 heavy (non-hydrogen) atoms. The number of carbonyl (C=O) groups is 1. The van der Waals surface area contributed by atoms with Gasteiger partial charge in [0.15, 0.2) is 0 Å². The van der Waals surface area contributed by atoms with Gasteiger partial charge in [0.25, 0.3) is 0 Å². The molecule has 1 heterocycles. The second-order valence-electron chi connectivity index (χ2n) is 4.49. The van der Waals surface area contributed by atoms with Gasteiger partial charge in [-0.2, -0.15) is 0 Å². The topological polar surface area (TPSA) is 55.6 Å². The van der Waals surface area contributed by atoms with Crippen molar-refractivity contribution < 1.29 is 9.63 Å². The molecule has 4 nitrogen and oxygen atoms in total. The molecule has 92 valence electrons. The van der Waals surface area contributed by atoms with Crippen molar-refractivity contribution in [3.63, 3.8) is 0 Å². The molecule has 0 aliphatic carbocycles. The molecule has 1 amide bonds. The summed E-state index contributed by atoms with van der Waals surface area (Å²) in [6, 6.07) is 9.83. The number of hydrogen-bond donors (Lipinski definition) is 1.